The van der Waals surface area contributed by atoms with E-state index in [0.29, 0.717) is 17.2 Å². The van der Waals surface area contributed by atoms with Gasteiger partial charge in [0.15, 0.2) is 11.5 Å². The molecule has 1 N–H and O–H groups in total. The number of sulfonamides is 1. The Labute approximate surface area is 157 Å². The van der Waals surface area contributed by atoms with Crippen molar-refractivity contribution in [2.24, 2.45) is 0 Å². The Morgan fingerprint density at radius 2 is 1.78 bits per heavy atom. The number of hydrogen-bond acceptors (Lipinski definition) is 5. The zero-order valence-corrected chi connectivity index (χ0v) is 16.0. The van der Waals surface area contributed by atoms with E-state index in [1.54, 1.807) is 18.2 Å². The molecule has 0 bridgehead atoms. The van der Waals surface area contributed by atoms with E-state index in [1.807, 2.05) is 0 Å². The molecule has 0 aliphatic heterocycles. The number of para-hydroxylation sites is 1. The zero-order valence-electron chi connectivity index (χ0n) is 15.2. The van der Waals surface area contributed by atoms with E-state index < -0.39 is 21.7 Å². The maximum absolute atomic E-state index is 14.0. The number of carbonyl (C=O) groups excluding carboxylic acids is 1. The number of nitrogens with one attached hydrogen (secondary N) is 1. The molecule has 0 radical (unpaired) electrons. The highest BCUT2D eigenvalue weighted by molar-refractivity contribution is 7.92. The van der Waals surface area contributed by atoms with Gasteiger partial charge in [0, 0.05) is 24.7 Å². The van der Waals surface area contributed by atoms with E-state index in [2.05, 4.69) is 5.32 Å². The van der Waals surface area contributed by atoms with Crippen LogP contribution >= 0.6 is 0 Å². The monoisotopic (exact) mass is 396 g/mol. The van der Waals surface area contributed by atoms with Crippen LogP contribution in [0.4, 0.5) is 15.8 Å². The van der Waals surface area contributed by atoms with E-state index in [-0.39, 0.29) is 18.7 Å². The van der Waals surface area contributed by atoms with Gasteiger partial charge in [0.1, 0.15) is 5.82 Å². The molecule has 9 heteroatoms. The number of halogens is 1. The Hall–Kier alpha value is -2.81. The molecule has 0 spiro atoms. The number of benzene rings is 2. The third-order valence-electron chi connectivity index (χ3n) is 3.73. The molecule has 146 valence electrons. The Balaban J connectivity index is 2.10. The highest BCUT2D eigenvalue weighted by Crippen LogP contribution is 2.29. The Morgan fingerprint density at radius 1 is 1.11 bits per heavy atom. The zero-order chi connectivity index (χ0) is 20.0. The molecule has 0 heterocycles. The second-order valence-electron chi connectivity index (χ2n) is 5.65. The second kappa shape index (κ2) is 8.72. The minimum absolute atomic E-state index is 0.0982. The molecule has 0 saturated heterocycles. The smallest absolute Gasteiger partial charge is 0.232 e. The first kappa shape index (κ1) is 20.5. The molecule has 2 rings (SSSR count). The fourth-order valence-electron chi connectivity index (χ4n) is 2.46. The summed E-state index contributed by atoms with van der Waals surface area (Å²) in [6.07, 6.45) is 0.807. The topological polar surface area (TPSA) is 84.9 Å². The van der Waals surface area contributed by atoms with Crippen molar-refractivity contribution < 1.29 is 27.1 Å². The number of anilines is 2. The van der Waals surface area contributed by atoms with Crippen LogP contribution in [0, 0.1) is 5.82 Å². The van der Waals surface area contributed by atoms with Gasteiger partial charge in [0.2, 0.25) is 15.9 Å². The summed E-state index contributed by atoms with van der Waals surface area (Å²) in [6.45, 7) is -0.196. The normalized spacial score (nSPS) is 11.0. The van der Waals surface area contributed by atoms with Gasteiger partial charge in [-0.15, -0.1) is 0 Å². The van der Waals surface area contributed by atoms with Crippen LogP contribution in [0.15, 0.2) is 42.5 Å². The quantitative estimate of drug-likeness (QED) is 0.742. The predicted molar refractivity (Wildman–Crippen MR) is 101 cm³/mol. The third-order valence-corrected chi connectivity index (χ3v) is 4.91. The van der Waals surface area contributed by atoms with Gasteiger partial charge in [-0.05, 0) is 24.3 Å². The average molecular weight is 396 g/mol. The van der Waals surface area contributed by atoms with Crippen molar-refractivity contribution in [3.8, 4) is 11.5 Å². The van der Waals surface area contributed by atoms with Crippen LogP contribution in [0.3, 0.4) is 0 Å². The number of carbonyl (C=O) groups is 1. The maximum atomic E-state index is 14.0. The largest absolute Gasteiger partial charge is 0.493 e. The number of ether oxygens (including phenoxy) is 2. The van der Waals surface area contributed by atoms with E-state index >= 15 is 0 Å². The molecule has 0 saturated carbocycles. The van der Waals surface area contributed by atoms with Gasteiger partial charge in [-0.2, -0.15) is 0 Å². The molecule has 0 unspecified atom stereocenters. The van der Waals surface area contributed by atoms with Crippen LogP contribution in [0.5, 0.6) is 11.5 Å². The molecule has 0 aliphatic carbocycles. The van der Waals surface area contributed by atoms with Gasteiger partial charge in [-0.1, -0.05) is 12.1 Å². The SMILES string of the molecule is COc1ccc(NC(=O)CCN(c2ccccc2F)S(C)(=O)=O)cc1OC. The van der Waals surface area contributed by atoms with Gasteiger partial charge in [-0.3, -0.25) is 9.10 Å². The highest BCUT2D eigenvalue weighted by atomic mass is 32.2. The summed E-state index contributed by atoms with van der Waals surface area (Å²) in [4.78, 5) is 12.2. The Kier molecular flexibility index (Phi) is 6.62. The Morgan fingerprint density at radius 3 is 2.37 bits per heavy atom. The van der Waals surface area contributed by atoms with Crippen LogP contribution in [-0.4, -0.2) is 41.3 Å². The van der Waals surface area contributed by atoms with Crippen molar-refractivity contribution in [3.05, 3.63) is 48.3 Å². The summed E-state index contributed by atoms with van der Waals surface area (Å²) in [5, 5.41) is 2.65. The molecule has 1 amide bonds. The molecule has 7 nitrogen and oxygen atoms in total. The fourth-order valence-corrected chi connectivity index (χ4v) is 3.39. The summed E-state index contributed by atoms with van der Waals surface area (Å²) in [6, 6.07) is 10.4. The first-order valence-electron chi connectivity index (χ1n) is 8.00. The van der Waals surface area contributed by atoms with Crippen molar-refractivity contribution in [2.45, 2.75) is 6.42 Å². The maximum Gasteiger partial charge on any atom is 0.232 e. The molecule has 27 heavy (non-hydrogen) atoms. The third kappa shape index (κ3) is 5.33. The van der Waals surface area contributed by atoms with Crippen molar-refractivity contribution in [1.82, 2.24) is 0 Å². The lowest BCUT2D eigenvalue weighted by atomic mass is 10.2. The number of nitrogens with zero attached hydrogens (tertiary/aromatic N) is 1. The standard InChI is InChI=1S/C18H21FN2O5S/c1-25-16-9-8-13(12-17(16)26-2)20-18(22)10-11-21(27(3,23)24)15-7-5-4-6-14(15)19/h4-9,12H,10-11H2,1-3H3,(H,20,22). The average Bonchev–Trinajstić information content (AvgIpc) is 2.62. The molecule has 0 fully saturated rings. The van der Waals surface area contributed by atoms with E-state index in [0.717, 1.165) is 16.6 Å². The van der Waals surface area contributed by atoms with Crippen molar-refractivity contribution in [2.75, 3.05) is 36.6 Å². The summed E-state index contributed by atoms with van der Waals surface area (Å²) < 4.78 is 49.1. The van der Waals surface area contributed by atoms with Gasteiger partial charge < -0.3 is 14.8 Å². The minimum atomic E-state index is -3.75. The van der Waals surface area contributed by atoms with Crippen LogP contribution in [0.2, 0.25) is 0 Å². The molecular formula is C18H21FN2O5S. The summed E-state index contributed by atoms with van der Waals surface area (Å²) in [5.74, 6) is -0.145. The lowest BCUT2D eigenvalue weighted by Crippen LogP contribution is -2.33. The number of amides is 1. The van der Waals surface area contributed by atoms with Gasteiger partial charge in [0.05, 0.1) is 26.2 Å². The number of hydrogen-bond donors (Lipinski definition) is 1. The minimum Gasteiger partial charge on any atom is -0.493 e. The number of rotatable bonds is 8. The molecule has 2 aromatic carbocycles. The van der Waals surface area contributed by atoms with Crippen molar-refractivity contribution in [1.29, 1.82) is 0 Å². The first-order chi connectivity index (χ1) is 12.8. The second-order valence-corrected chi connectivity index (χ2v) is 7.56. The molecule has 2 aromatic rings. The first-order valence-corrected chi connectivity index (χ1v) is 9.85. The van der Waals surface area contributed by atoms with Crippen molar-refractivity contribution >= 4 is 27.3 Å². The summed E-state index contributed by atoms with van der Waals surface area (Å²) >= 11 is 0. The lowest BCUT2D eigenvalue weighted by molar-refractivity contribution is -0.116. The van der Waals surface area contributed by atoms with Gasteiger partial charge in [0.25, 0.3) is 0 Å². The molecule has 0 aliphatic rings. The number of methoxy groups -OCH3 is 2. The van der Waals surface area contributed by atoms with Crippen molar-refractivity contribution in [3.63, 3.8) is 0 Å². The fraction of sp³-hybridized carbons (Fsp3) is 0.278. The van der Waals surface area contributed by atoms with Crippen LogP contribution in [0.1, 0.15) is 6.42 Å². The van der Waals surface area contributed by atoms with E-state index in [1.165, 1.54) is 32.4 Å². The molecule has 0 atom stereocenters. The van der Waals surface area contributed by atoms with E-state index in [4.69, 9.17) is 9.47 Å². The summed E-state index contributed by atoms with van der Waals surface area (Å²) in [7, 11) is -0.779. The lowest BCUT2D eigenvalue weighted by Gasteiger charge is -2.22. The summed E-state index contributed by atoms with van der Waals surface area (Å²) in [5.41, 5.74) is 0.369. The highest BCUT2D eigenvalue weighted by Gasteiger charge is 2.21. The molecule has 0 aromatic heterocycles. The molecular weight excluding hydrogens is 375 g/mol. The predicted octanol–water partition coefficient (Wildman–Crippen LogP) is 2.64. The van der Waals surface area contributed by atoms with Crippen LogP contribution in [-0.2, 0) is 14.8 Å². The van der Waals surface area contributed by atoms with Crippen LogP contribution < -0.4 is 19.1 Å². The van der Waals surface area contributed by atoms with Gasteiger partial charge in [-0.25, -0.2) is 12.8 Å². The van der Waals surface area contributed by atoms with Gasteiger partial charge >= 0.3 is 0 Å². The Bertz CT molecular complexity index is 918. The van der Waals surface area contributed by atoms with Crippen LogP contribution in [0.25, 0.3) is 0 Å². The van der Waals surface area contributed by atoms with E-state index in [9.17, 15) is 17.6 Å².